The Bertz CT molecular complexity index is 115. The molecule has 0 aliphatic carbocycles. The third-order valence-electron chi connectivity index (χ3n) is 0.788. The number of aliphatic imine (C=N–C) groups is 1. The lowest BCUT2D eigenvalue weighted by Crippen LogP contribution is -2.24. The predicted molar refractivity (Wildman–Crippen MR) is 40.1 cm³/mol. The van der Waals surface area contributed by atoms with Crippen LogP contribution in [0.1, 0.15) is 13.3 Å². The molecular formula is C6H13N3. The molecule has 0 aliphatic rings. The van der Waals surface area contributed by atoms with Crippen LogP contribution in [-0.2, 0) is 0 Å². The highest BCUT2D eigenvalue weighted by Gasteiger charge is 1.95. The van der Waals surface area contributed by atoms with Gasteiger partial charge in [0.1, 0.15) is 5.84 Å². The van der Waals surface area contributed by atoms with Crippen molar-refractivity contribution in [2.45, 2.75) is 19.4 Å². The molecule has 3 heteroatoms. The molecular weight excluding hydrogens is 114 g/mol. The standard InChI is InChI=1S/C6H13N3/c1-3-9-6(8)4-5(2)7/h3,5H,1,4,7H2,2H3,(H2,8,9). The molecule has 1 unspecified atom stereocenters. The summed E-state index contributed by atoms with van der Waals surface area (Å²) in [5.41, 5.74) is 10.8. The number of rotatable bonds is 3. The molecule has 9 heavy (non-hydrogen) atoms. The summed E-state index contributed by atoms with van der Waals surface area (Å²) in [5.74, 6) is 0.542. The number of hydrogen-bond donors (Lipinski definition) is 2. The average molecular weight is 127 g/mol. The van der Waals surface area contributed by atoms with Crippen LogP contribution in [0.5, 0.6) is 0 Å². The summed E-state index contributed by atoms with van der Waals surface area (Å²) in [6.07, 6.45) is 2.05. The molecule has 0 aromatic carbocycles. The van der Waals surface area contributed by atoms with Crippen LogP contribution in [0, 0.1) is 0 Å². The third kappa shape index (κ3) is 5.03. The second-order valence-electron chi connectivity index (χ2n) is 1.98. The van der Waals surface area contributed by atoms with Gasteiger partial charge in [-0.25, -0.2) is 4.99 Å². The third-order valence-corrected chi connectivity index (χ3v) is 0.788. The second kappa shape index (κ2) is 4.09. The first-order valence-electron chi connectivity index (χ1n) is 2.85. The van der Waals surface area contributed by atoms with Crippen molar-refractivity contribution in [2.24, 2.45) is 16.5 Å². The maximum absolute atomic E-state index is 5.43. The highest BCUT2D eigenvalue weighted by molar-refractivity contribution is 5.81. The summed E-state index contributed by atoms with van der Waals surface area (Å²) in [6.45, 7) is 5.28. The Morgan fingerprint density at radius 1 is 1.89 bits per heavy atom. The Morgan fingerprint density at radius 2 is 2.44 bits per heavy atom. The van der Waals surface area contributed by atoms with Gasteiger partial charge >= 0.3 is 0 Å². The van der Waals surface area contributed by atoms with E-state index in [9.17, 15) is 0 Å². The van der Waals surface area contributed by atoms with Gasteiger partial charge in [0.15, 0.2) is 0 Å². The molecule has 52 valence electrons. The Labute approximate surface area is 55.4 Å². The van der Waals surface area contributed by atoms with Gasteiger partial charge in [0.05, 0.1) is 0 Å². The van der Waals surface area contributed by atoms with Crippen LogP contribution in [-0.4, -0.2) is 11.9 Å². The van der Waals surface area contributed by atoms with Gasteiger partial charge < -0.3 is 11.5 Å². The van der Waals surface area contributed by atoms with Crippen molar-refractivity contribution in [2.75, 3.05) is 0 Å². The van der Waals surface area contributed by atoms with Crippen molar-refractivity contribution < 1.29 is 0 Å². The van der Waals surface area contributed by atoms with E-state index in [4.69, 9.17) is 11.5 Å². The van der Waals surface area contributed by atoms with Crippen molar-refractivity contribution in [3.05, 3.63) is 12.8 Å². The Balaban J connectivity index is 3.61. The van der Waals surface area contributed by atoms with Crippen LogP contribution in [0.4, 0.5) is 0 Å². The Hall–Kier alpha value is -0.830. The van der Waals surface area contributed by atoms with Crippen LogP contribution >= 0.6 is 0 Å². The molecule has 0 rings (SSSR count). The van der Waals surface area contributed by atoms with E-state index in [2.05, 4.69) is 11.6 Å². The van der Waals surface area contributed by atoms with E-state index in [1.165, 1.54) is 6.20 Å². The zero-order chi connectivity index (χ0) is 7.28. The van der Waals surface area contributed by atoms with Gasteiger partial charge in [-0.2, -0.15) is 0 Å². The van der Waals surface area contributed by atoms with E-state index in [1.54, 1.807) is 0 Å². The number of hydrogen-bond acceptors (Lipinski definition) is 2. The second-order valence-corrected chi connectivity index (χ2v) is 1.98. The minimum atomic E-state index is 0.0775. The first-order chi connectivity index (χ1) is 4.16. The molecule has 0 aliphatic heterocycles. The van der Waals surface area contributed by atoms with Gasteiger partial charge in [0.25, 0.3) is 0 Å². The fourth-order valence-electron chi connectivity index (χ4n) is 0.500. The van der Waals surface area contributed by atoms with E-state index in [-0.39, 0.29) is 6.04 Å². The normalized spacial score (nSPS) is 15.1. The molecule has 4 N–H and O–H groups in total. The van der Waals surface area contributed by atoms with Crippen molar-refractivity contribution in [3.8, 4) is 0 Å². The number of amidine groups is 1. The lowest BCUT2D eigenvalue weighted by atomic mass is 10.2. The summed E-state index contributed by atoms with van der Waals surface area (Å²) in [5, 5.41) is 0. The van der Waals surface area contributed by atoms with Crippen molar-refractivity contribution >= 4 is 5.84 Å². The summed E-state index contributed by atoms with van der Waals surface area (Å²) < 4.78 is 0. The molecule has 0 aromatic rings. The molecule has 0 saturated carbocycles. The smallest absolute Gasteiger partial charge is 0.100 e. The van der Waals surface area contributed by atoms with E-state index in [0.29, 0.717) is 12.3 Å². The van der Waals surface area contributed by atoms with E-state index >= 15 is 0 Å². The van der Waals surface area contributed by atoms with Gasteiger partial charge in [0.2, 0.25) is 0 Å². The van der Waals surface area contributed by atoms with Gasteiger partial charge in [-0.15, -0.1) is 0 Å². The molecule has 0 heterocycles. The number of nitrogens with two attached hydrogens (primary N) is 2. The first-order valence-corrected chi connectivity index (χ1v) is 2.85. The molecule has 0 spiro atoms. The van der Waals surface area contributed by atoms with Crippen LogP contribution in [0.3, 0.4) is 0 Å². The minimum absolute atomic E-state index is 0.0775. The van der Waals surface area contributed by atoms with E-state index in [0.717, 1.165) is 0 Å². The zero-order valence-electron chi connectivity index (χ0n) is 5.67. The first kappa shape index (κ1) is 8.17. The lowest BCUT2D eigenvalue weighted by molar-refractivity contribution is 0.775. The summed E-state index contributed by atoms with van der Waals surface area (Å²) in [6, 6.07) is 0.0775. The van der Waals surface area contributed by atoms with Crippen molar-refractivity contribution in [1.29, 1.82) is 0 Å². The monoisotopic (exact) mass is 127 g/mol. The van der Waals surface area contributed by atoms with E-state index < -0.39 is 0 Å². The largest absolute Gasteiger partial charge is 0.387 e. The lowest BCUT2D eigenvalue weighted by Gasteiger charge is -2.01. The van der Waals surface area contributed by atoms with Crippen LogP contribution < -0.4 is 11.5 Å². The summed E-state index contributed by atoms with van der Waals surface area (Å²) >= 11 is 0. The molecule has 0 bridgehead atoms. The average Bonchev–Trinajstić information content (AvgIpc) is 1.63. The topological polar surface area (TPSA) is 64.4 Å². The van der Waals surface area contributed by atoms with Crippen LogP contribution in [0.2, 0.25) is 0 Å². The molecule has 1 atom stereocenters. The van der Waals surface area contributed by atoms with Gasteiger partial charge in [-0.05, 0) is 6.92 Å². The highest BCUT2D eigenvalue weighted by Crippen LogP contribution is 1.85. The Kier molecular flexibility index (Phi) is 3.71. The maximum Gasteiger partial charge on any atom is 0.100 e. The predicted octanol–water partition coefficient (Wildman–Crippen LogP) is 0.224. The summed E-state index contributed by atoms with van der Waals surface area (Å²) in [4.78, 5) is 3.74. The molecule has 0 aromatic heterocycles. The minimum Gasteiger partial charge on any atom is -0.387 e. The molecule has 0 radical (unpaired) electrons. The molecule has 0 fully saturated rings. The Morgan fingerprint density at radius 3 is 2.78 bits per heavy atom. The SMILES string of the molecule is C=CN=C(N)CC(C)N. The van der Waals surface area contributed by atoms with Crippen LogP contribution in [0.25, 0.3) is 0 Å². The van der Waals surface area contributed by atoms with E-state index in [1.807, 2.05) is 6.92 Å². The zero-order valence-corrected chi connectivity index (χ0v) is 5.67. The maximum atomic E-state index is 5.43. The van der Waals surface area contributed by atoms with Gasteiger partial charge in [-0.1, -0.05) is 6.58 Å². The van der Waals surface area contributed by atoms with Gasteiger partial charge in [0, 0.05) is 18.7 Å². The molecule has 0 saturated heterocycles. The van der Waals surface area contributed by atoms with Crippen molar-refractivity contribution in [3.63, 3.8) is 0 Å². The fourth-order valence-corrected chi connectivity index (χ4v) is 0.500. The quantitative estimate of drug-likeness (QED) is 0.421. The fraction of sp³-hybridized carbons (Fsp3) is 0.500. The van der Waals surface area contributed by atoms with Crippen LogP contribution in [0.15, 0.2) is 17.8 Å². The number of nitrogens with zero attached hydrogens (tertiary/aromatic N) is 1. The van der Waals surface area contributed by atoms with Crippen molar-refractivity contribution in [1.82, 2.24) is 0 Å². The van der Waals surface area contributed by atoms with Gasteiger partial charge in [-0.3, -0.25) is 0 Å². The molecule has 3 nitrogen and oxygen atoms in total. The molecule has 0 amide bonds. The summed E-state index contributed by atoms with van der Waals surface area (Å²) in [7, 11) is 0. The highest BCUT2D eigenvalue weighted by atomic mass is 14.8.